The Labute approximate surface area is 188 Å². The Balaban J connectivity index is 0.00000392. The second-order valence-electron chi connectivity index (χ2n) is 7.17. The summed E-state index contributed by atoms with van der Waals surface area (Å²) in [5, 5.41) is 0. The van der Waals surface area contributed by atoms with Crippen molar-refractivity contribution in [2.24, 2.45) is 5.73 Å². The van der Waals surface area contributed by atoms with Crippen LogP contribution in [-0.4, -0.2) is 47.9 Å². The highest BCUT2D eigenvalue weighted by Gasteiger charge is 2.15. The second kappa shape index (κ2) is 14.4. The summed E-state index contributed by atoms with van der Waals surface area (Å²) in [6.07, 6.45) is 0.838. The number of nitrogens with zero attached hydrogens (tertiary/aromatic N) is 2. The Kier molecular flexibility index (Phi) is 13.6. The number of rotatable bonds is 10. The summed E-state index contributed by atoms with van der Waals surface area (Å²) < 4.78 is 0. The van der Waals surface area contributed by atoms with E-state index in [9.17, 15) is 4.79 Å². The highest BCUT2D eigenvalue weighted by molar-refractivity contribution is 5.94. The van der Waals surface area contributed by atoms with Crippen molar-refractivity contribution in [3.05, 3.63) is 71.3 Å². The minimum Gasteiger partial charge on any atom is -0.337 e. The lowest BCUT2D eigenvalue weighted by Gasteiger charge is -2.25. The van der Waals surface area contributed by atoms with Crippen LogP contribution in [0.3, 0.4) is 0 Å². The van der Waals surface area contributed by atoms with Crippen LogP contribution in [0.25, 0.3) is 0 Å². The van der Waals surface area contributed by atoms with Gasteiger partial charge in [0.2, 0.25) is 0 Å². The first-order valence-electron chi connectivity index (χ1n) is 9.91. The number of carbonyl (C=O) groups is 1. The average molecular weight is 440 g/mol. The van der Waals surface area contributed by atoms with Gasteiger partial charge in [-0.2, -0.15) is 0 Å². The Morgan fingerprint density at radius 1 is 0.931 bits per heavy atom. The summed E-state index contributed by atoms with van der Waals surface area (Å²) >= 11 is 0. The molecule has 0 heterocycles. The SMILES string of the molecule is CCN(Cc1ccc(C(=O)N(CCN)CCc2ccccc2)cc1)C(C)C.Cl.Cl. The number of hydrogen-bond acceptors (Lipinski definition) is 3. The van der Waals surface area contributed by atoms with Gasteiger partial charge in [-0.3, -0.25) is 9.69 Å². The van der Waals surface area contributed by atoms with Gasteiger partial charge in [-0.05, 0) is 50.1 Å². The van der Waals surface area contributed by atoms with Gasteiger partial charge in [-0.1, -0.05) is 49.4 Å². The van der Waals surface area contributed by atoms with Gasteiger partial charge < -0.3 is 10.6 Å². The Morgan fingerprint density at radius 3 is 2.07 bits per heavy atom. The molecule has 0 unspecified atom stereocenters. The molecule has 0 bridgehead atoms. The fraction of sp³-hybridized carbons (Fsp3) is 0.435. The highest BCUT2D eigenvalue weighted by atomic mass is 35.5. The molecule has 1 amide bonds. The van der Waals surface area contributed by atoms with Gasteiger partial charge in [0.05, 0.1) is 0 Å². The number of nitrogens with two attached hydrogens (primary N) is 1. The third kappa shape index (κ3) is 8.75. The lowest BCUT2D eigenvalue weighted by Crippen LogP contribution is -2.37. The summed E-state index contributed by atoms with van der Waals surface area (Å²) in [5.41, 5.74) is 8.93. The molecule has 0 aliphatic heterocycles. The standard InChI is InChI=1S/C23H33N3O.2ClH/c1-4-25(19(2)3)18-21-10-12-22(13-11-21)23(27)26(17-15-24)16-14-20-8-6-5-7-9-20;;/h5-13,19H,4,14-18,24H2,1-3H3;2*1H. The van der Waals surface area contributed by atoms with E-state index in [1.165, 1.54) is 11.1 Å². The first kappa shape index (κ1) is 27.4. The molecule has 0 saturated heterocycles. The van der Waals surface area contributed by atoms with Gasteiger partial charge in [-0.15, -0.1) is 24.8 Å². The van der Waals surface area contributed by atoms with Crippen molar-refractivity contribution in [3.63, 3.8) is 0 Å². The van der Waals surface area contributed by atoms with E-state index >= 15 is 0 Å². The van der Waals surface area contributed by atoms with E-state index in [2.05, 4.69) is 49.9 Å². The maximum atomic E-state index is 12.9. The normalized spacial score (nSPS) is 10.4. The fourth-order valence-electron chi connectivity index (χ4n) is 3.21. The van der Waals surface area contributed by atoms with Gasteiger partial charge in [-0.25, -0.2) is 0 Å². The molecule has 162 valence electrons. The number of benzene rings is 2. The zero-order chi connectivity index (χ0) is 19.6. The first-order valence-corrected chi connectivity index (χ1v) is 9.91. The van der Waals surface area contributed by atoms with E-state index in [0.29, 0.717) is 25.7 Å². The van der Waals surface area contributed by atoms with Crippen molar-refractivity contribution in [2.75, 3.05) is 26.2 Å². The number of hydrogen-bond donors (Lipinski definition) is 1. The van der Waals surface area contributed by atoms with Crippen LogP contribution in [0.5, 0.6) is 0 Å². The van der Waals surface area contributed by atoms with Crippen LogP contribution in [0.15, 0.2) is 54.6 Å². The Hall–Kier alpha value is -1.59. The maximum absolute atomic E-state index is 12.9. The zero-order valence-corrected chi connectivity index (χ0v) is 19.3. The molecule has 2 N–H and O–H groups in total. The number of carbonyl (C=O) groups excluding carboxylic acids is 1. The lowest BCUT2D eigenvalue weighted by atomic mass is 10.1. The van der Waals surface area contributed by atoms with Crippen LogP contribution in [0.1, 0.15) is 42.3 Å². The summed E-state index contributed by atoms with van der Waals surface area (Å²) in [6.45, 7) is 10.2. The van der Waals surface area contributed by atoms with E-state index < -0.39 is 0 Å². The van der Waals surface area contributed by atoms with Crippen molar-refractivity contribution in [1.82, 2.24) is 9.80 Å². The highest BCUT2D eigenvalue weighted by Crippen LogP contribution is 2.12. The van der Waals surface area contributed by atoms with Gasteiger partial charge in [0.1, 0.15) is 0 Å². The van der Waals surface area contributed by atoms with Crippen molar-refractivity contribution < 1.29 is 4.79 Å². The minimum absolute atomic E-state index is 0. The van der Waals surface area contributed by atoms with E-state index in [0.717, 1.165) is 25.1 Å². The van der Waals surface area contributed by atoms with Crippen molar-refractivity contribution in [2.45, 2.75) is 39.8 Å². The van der Waals surface area contributed by atoms with Crippen LogP contribution in [-0.2, 0) is 13.0 Å². The van der Waals surface area contributed by atoms with E-state index in [1.54, 1.807) is 0 Å². The molecule has 0 saturated carbocycles. The molecule has 0 spiro atoms. The molecule has 2 aromatic carbocycles. The molecule has 2 rings (SSSR count). The quantitative estimate of drug-likeness (QED) is 0.596. The molecule has 6 heteroatoms. The molecule has 0 aromatic heterocycles. The van der Waals surface area contributed by atoms with E-state index in [-0.39, 0.29) is 30.7 Å². The molecule has 0 atom stereocenters. The number of amides is 1. The molecule has 2 aromatic rings. The molecular formula is C23H35Cl2N3O. The summed E-state index contributed by atoms with van der Waals surface area (Å²) in [7, 11) is 0. The molecule has 0 radical (unpaired) electrons. The van der Waals surface area contributed by atoms with Gasteiger partial charge in [0, 0.05) is 37.8 Å². The predicted molar refractivity (Wildman–Crippen MR) is 127 cm³/mol. The van der Waals surface area contributed by atoms with Crippen LogP contribution >= 0.6 is 24.8 Å². The van der Waals surface area contributed by atoms with E-state index in [1.807, 2.05) is 35.2 Å². The van der Waals surface area contributed by atoms with Gasteiger partial charge in [0.25, 0.3) is 5.91 Å². The first-order chi connectivity index (χ1) is 13.0. The van der Waals surface area contributed by atoms with Crippen LogP contribution in [0, 0.1) is 0 Å². The van der Waals surface area contributed by atoms with Crippen LogP contribution in [0.4, 0.5) is 0 Å². The Bertz CT molecular complexity index is 693. The molecular weight excluding hydrogens is 405 g/mol. The second-order valence-corrected chi connectivity index (χ2v) is 7.17. The third-order valence-electron chi connectivity index (χ3n) is 4.92. The molecule has 0 aliphatic rings. The van der Waals surface area contributed by atoms with Crippen molar-refractivity contribution >= 4 is 30.7 Å². The van der Waals surface area contributed by atoms with Crippen LogP contribution < -0.4 is 5.73 Å². The van der Waals surface area contributed by atoms with E-state index in [4.69, 9.17) is 5.73 Å². The Morgan fingerprint density at radius 2 is 1.55 bits per heavy atom. The molecule has 0 aliphatic carbocycles. The summed E-state index contributed by atoms with van der Waals surface area (Å²) in [6, 6.07) is 18.8. The lowest BCUT2D eigenvalue weighted by molar-refractivity contribution is 0.0762. The fourth-order valence-corrected chi connectivity index (χ4v) is 3.21. The maximum Gasteiger partial charge on any atom is 0.253 e. The van der Waals surface area contributed by atoms with Gasteiger partial charge >= 0.3 is 0 Å². The van der Waals surface area contributed by atoms with Crippen molar-refractivity contribution in [3.8, 4) is 0 Å². The minimum atomic E-state index is 0. The number of halogens is 2. The predicted octanol–water partition coefficient (Wildman–Crippen LogP) is 4.40. The average Bonchev–Trinajstić information content (AvgIpc) is 2.69. The van der Waals surface area contributed by atoms with Crippen LogP contribution in [0.2, 0.25) is 0 Å². The zero-order valence-electron chi connectivity index (χ0n) is 17.7. The van der Waals surface area contributed by atoms with Gasteiger partial charge in [0.15, 0.2) is 0 Å². The largest absolute Gasteiger partial charge is 0.337 e. The topological polar surface area (TPSA) is 49.6 Å². The molecule has 29 heavy (non-hydrogen) atoms. The monoisotopic (exact) mass is 439 g/mol. The molecule has 0 fully saturated rings. The summed E-state index contributed by atoms with van der Waals surface area (Å²) in [4.78, 5) is 17.2. The van der Waals surface area contributed by atoms with Crippen molar-refractivity contribution in [1.29, 1.82) is 0 Å². The molecule has 4 nitrogen and oxygen atoms in total. The third-order valence-corrected chi connectivity index (χ3v) is 4.92. The summed E-state index contributed by atoms with van der Waals surface area (Å²) in [5.74, 6) is 0.0548. The smallest absolute Gasteiger partial charge is 0.253 e.